The van der Waals surface area contributed by atoms with Crippen molar-refractivity contribution < 1.29 is 9.18 Å². The fourth-order valence-electron chi connectivity index (χ4n) is 4.16. The van der Waals surface area contributed by atoms with Gasteiger partial charge in [0.25, 0.3) is 5.56 Å². The highest BCUT2D eigenvalue weighted by molar-refractivity contribution is 7.99. The van der Waals surface area contributed by atoms with Crippen LogP contribution in [0, 0.1) is 11.7 Å². The van der Waals surface area contributed by atoms with Crippen LogP contribution in [0.2, 0.25) is 5.02 Å². The molecule has 1 unspecified atom stereocenters. The van der Waals surface area contributed by atoms with Crippen molar-refractivity contribution in [3.63, 3.8) is 0 Å². The van der Waals surface area contributed by atoms with E-state index in [9.17, 15) is 14.0 Å². The second-order valence-corrected chi connectivity index (χ2v) is 10.7. The highest BCUT2D eigenvalue weighted by Crippen LogP contribution is 2.37. The topological polar surface area (TPSA) is 52.0 Å². The van der Waals surface area contributed by atoms with Gasteiger partial charge in [0.05, 0.1) is 16.8 Å². The summed E-state index contributed by atoms with van der Waals surface area (Å²) in [4.78, 5) is 33.1. The van der Waals surface area contributed by atoms with Crippen LogP contribution in [0.25, 0.3) is 15.9 Å². The number of halogens is 2. The van der Waals surface area contributed by atoms with Gasteiger partial charge < -0.3 is 0 Å². The summed E-state index contributed by atoms with van der Waals surface area (Å²) in [5.74, 6) is -0.00387. The van der Waals surface area contributed by atoms with Gasteiger partial charge >= 0.3 is 0 Å². The molecule has 0 N–H and O–H groups in total. The molecule has 168 valence electrons. The number of para-hydroxylation sites is 1. The van der Waals surface area contributed by atoms with Crippen LogP contribution in [0.3, 0.4) is 0 Å². The van der Waals surface area contributed by atoms with E-state index >= 15 is 0 Å². The maximum atomic E-state index is 14.8. The lowest BCUT2D eigenvalue weighted by atomic mass is 9.89. The van der Waals surface area contributed by atoms with Gasteiger partial charge in [0.15, 0.2) is 10.9 Å². The normalized spacial score (nSPS) is 15.5. The van der Waals surface area contributed by atoms with E-state index in [2.05, 4.69) is 6.92 Å². The first-order valence-electron chi connectivity index (χ1n) is 10.7. The van der Waals surface area contributed by atoms with Crippen LogP contribution in [-0.2, 0) is 12.8 Å². The van der Waals surface area contributed by atoms with Crippen molar-refractivity contribution in [1.29, 1.82) is 0 Å². The zero-order valence-corrected chi connectivity index (χ0v) is 20.2. The molecule has 33 heavy (non-hydrogen) atoms. The fraction of sp³-hybridized carbons (Fsp3) is 0.240. The van der Waals surface area contributed by atoms with Crippen LogP contribution in [0.4, 0.5) is 4.39 Å². The van der Waals surface area contributed by atoms with E-state index in [1.54, 1.807) is 53.8 Å². The molecule has 0 spiro atoms. The van der Waals surface area contributed by atoms with E-state index in [1.165, 1.54) is 15.5 Å². The summed E-state index contributed by atoms with van der Waals surface area (Å²) in [6.07, 6.45) is 2.77. The molecule has 0 aliphatic heterocycles. The van der Waals surface area contributed by atoms with Gasteiger partial charge in [-0.05, 0) is 67.1 Å². The number of aromatic nitrogens is 2. The number of carbonyl (C=O) groups is 1. The van der Waals surface area contributed by atoms with E-state index in [0.717, 1.165) is 36.6 Å². The smallest absolute Gasteiger partial charge is 0.267 e. The summed E-state index contributed by atoms with van der Waals surface area (Å²) in [6.45, 7) is 2.21. The molecule has 8 heteroatoms. The van der Waals surface area contributed by atoms with Gasteiger partial charge in [-0.15, -0.1) is 11.3 Å². The van der Waals surface area contributed by atoms with Crippen LogP contribution in [0.15, 0.2) is 58.5 Å². The molecule has 1 aliphatic rings. The number of thiophene rings is 1. The van der Waals surface area contributed by atoms with Gasteiger partial charge in [-0.2, -0.15) is 0 Å². The molecule has 2 heterocycles. The SMILES string of the molecule is CC1CCc2c(sc3nc(SCC(=O)c4ccc(Cl)cc4)n(-c4ccccc4F)c(=O)c23)C1. The summed E-state index contributed by atoms with van der Waals surface area (Å²) in [5, 5.41) is 1.45. The van der Waals surface area contributed by atoms with Crippen molar-refractivity contribution in [2.24, 2.45) is 5.92 Å². The molecular weight excluding hydrogens is 479 g/mol. The second kappa shape index (κ2) is 9.05. The van der Waals surface area contributed by atoms with Crippen LogP contribution >= 0.6 is 34.7 Å². The summed E-state index contributed by atoms with van der Waals surface area (Å²) >= 11 is 8.60. The quantitative estimate of drug-likeness (QED) is 0.183. The standard InChI is InChI=1S/C25H20ClFN2O2S2/c1-14-6-11-17-21(12-14)33-23-22(17)24(31)29(19-5-3-2-4-18(19)27)25(28-23)32-13-20(30)15-7-9-16(26)10-8-15/h2-5,7-10,14H,6,11-13H2,1H3. The minimum absolute atomic E-state index is 0.0656. The number of thioether (sulfide) groups is 1. The lowest BCUT2D eigenvalue weighted by molar-refractivity contribution is 0.102. The number of carbonyl (C=O) groups excluding carboxylic acids is 1. The first-order valence-corrected chi connectivity index (χ1v) is 12.8. The Morgan fingerprint density at radius 2 is 2.00 bits per heavy atom. The zero-order chi connectivity index (χ0) is 23.1. The summed E-state index contributed by atoms with van der Waals surface area (Å²) in [5.41, 5.74) is 1.43. The third-order valence-corrected chi connectivity index (χ3v) is 8.23. The molecule has 1 aliphatic carbocycles. The predicted octanol–water partition coefficient (Wildman–Crippen LogP) is 6.34. The number of rotatable bonds is 5. The molecule has 2 aromatic heterocycles. The zero-order valence-electron chi connectivity index (χ0n) is 17.8. The molecular formula is C25H20ClFN2O2S2. The Labute approximate surface area is 203 Å². The lowest BCUT2D eigenvalue weighted by Crippen LogP contribution is -2.23. The summed E-state index contributed by atoms with van der Waals surface area (Å²) in [6, 6.07) is 12.8. The minimum Gasteiger partial charge on any atom is -0.293 e. The first kappa shape index (κ1) is 22.3. The van der Waals surface area contributed by atoms with Crippen LogP contribution < -0.4 is 5.56 Å². The molecule has 4 nitrogen and oxygen atoms in total. The first-order chi connectivity index (χ1) is 15.9. The molecule has 0 amide bonds. The number of nitrogens with zero attached hydrogens (tertiary/aromatic N) is 2. The Morgan fingerprint density at radius 3 is 2.76 bits per heavy atom. The van der Waals surface area contributed by atoms with Crippen LogP contribution in [-0.4, -0.2) is 21.1 Å². The van der Waals surface area contributed by atoms with Crippen molar-refractivity contribution >= 4 is 50.7 Å². The number of ketones is 1. The Kier molecular flexibility index (Phi) is 6.12. The van der Waals surface area contributed by atoms with Crippen molar-refractivity contribution in [3.8, 4) is 5.69 Å². The average molecular weight is 499 g/mol. The van der Waals surface area contributed by atoms with Crippen LogP contribution in [0.1, 0.15) is 34.1 Å². The van der Waals surface area contributed by atoms with Gasteiger partial charge in [0.1, 0.15) is 10.6 Å². The largest absolute Gasteiger partial charge is 0.293 e. The van der Waals surface area contributed by atoms with Crippen molar-refractivity contribution in [3.05, 3.63) is 85.7 Å². The Morgan fingerprint density at radius 1 is 1.24 bits per heavy atom. The van der Waals surface area contributed by atoms with Crippen molar-refractivity contribution in [1.82, 2.24) is 9.55 Å². The van der Waals surface area contributed by atoms with Gasteiger partial charge in [-0.1, -0.05) is 42.4 Å². The molecule has 0 saturated carbocycles. The number of aryl methyl sites for hydroxylation is 1. The highest BCUT2D eigenvalue weighted by Gasteiger charge is 2.26. The van der Waals surface area contributed by atoms with Gasteiger partial charge in [-0.3, -0.25) is 14.2 Å². The van der Waals surface area contributed by atoms with E-state index in [-0.39, 0.29) is 22.8 Å². The molecule has 0 saturated heterocycles. The van der Waals surface area contributed by atoms with E-state index < -0.39 is 5.82 Å². The maximum absolute atomic E-state index is 14.8. The summed E-state index contributed by atoms with van der Waals surface area (Å²) in [7, 11) is 0. The van der Waals surface area contributed by atoms with Gasteiger partial charge in [-0.25, -0.2) is 9.37 Å². The van der Waals surface area contributed by atoms with E-state index in [4.69, 9.17) is 16.6 Å². The Hall–Kier alpha value is -2.48. The maximum Gasteiger partial charge on any atom is 0.267 e. The van der Waals surface area contributed by atoms with Crippen molar-refractivity contribution in [2.45, 2.75) is 31.3 Å². The predicted molar refractivity (Wildman–Crippen MR) is 133 cm³/mol. The number of Topliss-reactive ketones (excluding diaryl/α,β-unsaturated/α-hetero) is 1. The fourth-order valence-corrected chi connectivity index (χ4v) is 6.61. The van der Waals surface area contributed by atoms with Crippen molar-refractivity contribution in [2.75, 3.05) is 5.75 Å². The number of benzene rings is 2. The monoisotopic (exact) mass is 498 g/mol. The highest BCUT2D eigenvalue weighted by atomic mass is 35.5. The molecule has 5 rings (SSSR count). The van der Waals surface area contributed by atoms with E-state index in [1.807, 2.05) is 0 Å². The molecule has 4 aromatic rings. The Bertz CT molecular complexity index is 1430. The average Bonchev–Trinajstić information content (AvgIpc) is 3.16. The number of hydrogen-bond acceptors (Lipinski definition) is 5. The van der Waals surface area contributed by atoms with Crippen LogP contribution in [0.5, 0.6) is 0 Å². The molecule has 0 radical (unpaired) electrons. The lowest BCUT2D eigenvalue weighted by Gasteiger charge is -2.18. The summed E-state index contributed by atoms with van der Waals surface area (Å²) < 4.78 is 16.1. The van der Waals surface area contributed by atoms with Gasteiger partial charge in [0.2, 0.25) is 0 Å². The van der Waals surface area contributed by atoms with Gasteiger partial charge in [0, 0.05) is 15.5 Å². The minimum atomic E-state index is -0.510. The third kappa shape index (κ3) is 4.25. The molecule has 0 fully saturated rings. The molecule has 0 bridgehead atoms. The Balaban J connectivity index is 1.61. The molecule has 2 aromatic carbocycles. The number of fused-ring (bicyclic) bond motifs is 3. The van der Waals surface area contributed by atoms with E-state index in [0.29, 0.717) is 31.9 Å². The number of hydrogen-bond donors (Lipinski definition) is 0. The third-order valence-electron chi connectivity index (χ3n) is 5.89. The second-order valence-electron chi connectivity index (χ2n) is 8.24. The molecule has 1 atom stereocenters.